The summed E-state index contributed by atoms with van der Waals surface area (Å²) in [5.41, 5.74) is -0.0901. The number of carbonyl (C=O) groups excluding carboxylic acids is 3. The monoisotopic (exact) mass is 474 g/mol. The number of amides is 4. The van der Waals surface area contributed by atoms with E-state index in [9.17, 15) is 14.4 Å². The van der Waals surface area contributed by atoms with Crippen LogP contribution in [-0.2, 0) is 9.59 Å². The minimum atomic E-state index is -0.697. The van der Waals surface area contributed by atoms with Gasteiger partial charge >= 0.3 is 6.03 Å². The largest absolute Gasteiger partial charge is 0.449 e. The van der Waals surface area contributed by atoms with Gasteiger partial charge in [-0.3, -0.25) is 19.8 Å². The number of benzene rings is 1. The van der Waals surface area contributed by atoms with Crippen LogP contribution in [0.4, 0.5) is 4.79 Å². The number of furan rings is 1. The lowest BCUT2D eigenvalue weighted by molar-refractivity contribution is -0.132. The van der Waals surface area contributed by atoms with Crippen LogP contribution < -0.4 is 5.32 Å². The Morgan fingerprint density at radius 1 is 1.10 bits per heavy atom. The fourth-order valence-electron chi connectivity index (χ4n) is 3.59. The minimum absolute atomic E-state index is 0.0901. The Labute approximate surface area is 180 Å². The molecule has 2 aromatic rings. The Balaban J connectivity index is 1.59. The van der Waals surface area contributed by atoms with Crippen molar-refractivity contribution in [2.45, 2.75) is 48.1 Å². The van der Waals surface area contributed by atoms with E-state index in [0.29, 0.717) is 10.9 Å². The first-order valence-corrected chi connectivity index (χ1v) is 11.1. The molecule has 2 fully saturated rings. The maximum atomic E-state index is 13.0. The zero-order valence-corrected chi connectivity index (χ0v) is 17.9. The summed E-state index contributed by atoms with van der Waals surface area (Å²) in [5.74, 6) is -0.890. The van der Waals surface area contributed by atoms with Crippen molar-refractivity contribution in [1.29, 1.82) is 0 Å². The molecule has 8 heteroatoms. The van der Waals surface area contributed by atoms with Gasteiger partial charge in [-0.2, -0.15) is 0 Å². The number of hydrogen-bond donors (Lipinski definition) is 1. The molecule has 1 aliphatic heterocycles. The van der Waals surface area contributed by atoms with Gasteiger partial charge in [-0.1, -0.05) is 49.2 Å². The number of nitrogens with zero attached hydrogens (tertiary/aromatic N) is 1. The van der Waals surface area contributed by atoms with Crippen LogP contribution in [0, 0.1) is 0 Å². The minimum Gasteiger partial charge on any atom is -0.449 e. The molecule has 1 aromatic carbocycles. The summed E-state index contributed by atoms with van der Waals surface area (Å²) in [6.45, 7) is 0. The smallest absolute Gasteiger partial charge is 0.331 e. The van der Waals surface area contributed by atoms with Gasteiger partial charge in [0, 0.05) is 10.9 Å². The average molecular weight is 475 g/mol. The Morgan fingerprint density at radius 2 is 1.83 bits per heavy atom. The van der Waals surface area contributed by atoms with E-state index in [2.05, 4.69) is 21.2 Å². The molecule has 4 amide bonds. The molecule has 150 valence electrons. The standard InChI is InChI=1S/C21H19BrN2O4S/c22-17-12-14(28-20(17)29-15-9-5-2-6-10-15)11-16-18(25)23-21(27)24(19(16)26)13-7-3-1-4-8-13/h2,5-6,9-13H,1,3-4,7-8H2,(H,23,25,27). The van der Waals surface area contributed by atoms with Crippen LogP contribution in [0.3, 0.4) is 0 Å². The van der Waals surface area contributed by atoms with Gasteiger partial charge in [-0.15, -0.1) is 0 Å². The third-order valence-electron chi connectivity index (χ3n) is 4.99. The zero-order chi connectivity index (χ0) is 20.4. The highest BCUT2D eigenvalue weighted by Crippen LogP contribution is 2.36. The summed E-state index contributed by atoms with van der Waals surface area (Å²) < 4.78 is 6.55. The van der Waals surface area contributed by atoms with Crippen LogP contribution in [-0.4, -0.2) is 28.8 Å². The van der Waals surface area contributed by atoms with E-state index < -0.39 is 17.8 Å². The van der Waals surface area contributed by atoms with Crippen molar-refractivity contribution < 1.29 is 18.8 Å². The maximum absolute atomic E-state index is 13.0. The Hall–Kier alpha value is -2.32. The second-order valence-electron chi connectivity index (χ2n) is 6.98. The van der Waals surface area contributed by atoms with Crippen LogP contribution in [0.25, 0.3) is 6.08 Å². The Kier molecular flexibility index (Phi) is 5.91. The van der Waals surface area contributed by atoms with Crippen molar-refractivity contribution in [3.63, 3.8) is 0 Å². The molecule has 4 rings (SSSR count). The topological polar surface area (TPSA) is 79.6 Å². The third kappa shape index (κ3) is 4.33. The van der Waals surface area contributed by atoms with Gasteiger partial charge in [-0.05, 0) is 53.0 Å². The molecular formula is C21H19BrN2O4S. The van der Waals surface area contributed by atoms with E-state index in [1.165, 1.54) is 22.7 Å². The molecule has 6 nitrogen and oxygen atoms in total. The summed E-state index contributed by atoms with van der Waals surface area (Å²) in [6, 6.07) is 10.6. The fourth-order valence-corrected chi connectivity index (χ4v) is 4.94. The Morgan fingerprint density at radius 3 is 2.55 bits per heavy atom. The third-order valence-corrected chi connectivity index (χ3v) is 6.84. The predicted octanol–water partition coefficient (Wildman–Crippen LogP) is 4.99. The molecule has 1 aliphatic carbocycles. The summed E-state index contributed by atoms with van der Waals surface area (Å²) in [6.07, 6.45) is 5.99. The van der Waals surface area contributed by atoms with Crippen LogP contribution >= 0.6 is 27.7 Å². The van der Waals surface area contributed by atoms with Gasteiger partial charge in [0.1, 0.15) is 11.3 Å². The first-order chi connectivity index (χ1) is 14.0. The van der Waals surface area contributed by atoms with Crippen molar-refractivity contribution in [3.05, 3.63) is 52.2 Å². The van der Waals surface area contributed by atoms with Gasteiger partial charge in [0.25, 0.3) is 11.8 Å². The summed E-state index contributed by atoms with van der Waals surface area (Å²) in [5, 5.41) is 2.91. The number of barbiturate groups is 1. The van der Waals surface area contributed by atoms with Crippen LogP contribution in [0.5, 0.6) is 0 Å². The molecule has 29 heavy (non-hydrogen) atoms. The first-order valence-electron chi connectivity index (χ1n) is 9.46. The van der Waals surface area contributed by atoms with E-state index in [4.69, 9.17) is 4.42 Å². The van der Waals surface area contributed by atoms with E-state index in [1.54, 1.807) is 6.07 Å². The lowest BCUT2D eigenvalue weighted by Gasteiger charge is -2.35. The molecule has 0 spiro atoms. The molecule has 1 aromatic heterocycles. The SMILES string of the molecule is O=C1NC(=O)N(C2CCCCC2)C(=O)C1=Cc1cc(Br)c(Sc2ccccc2)o1. The molecule has 0 atom stereocenters. The van der Waals surface area contributed by atoms with Crippen LogP contribution in [0.1, 0.15) is 37.9 Å². The number of urea groups is 1. The summed E-state index contributed by atoms with van der Waals surface area (Å²) in [4.78, 5) is 39.8. The van der Waals surface area contributed by atoms with Crippen LogP contribution in [0.15, 0.2) is 60.8 Å². The molecule has 2 heterocycles. The molecule has 1 N–H and O–H groups in total. The van der Waals surface area contributed by atoms with E-state index in [0.717, 1.165) is 41.5 Å². The molecule has 1 saturated heterocycles. The molecule has 0 radical (unpaired) electrons. The maximum Gasteiger partial charge on any atom is 0.331 e. The van der Waals surface area contributed by atoms with Crippen molar-refractivity contribution in [2.75, 3.05) is 0 Å². The molecule has 1 saturated carbocycles. The summed E-state index contributed by atoms with van der Waals surface area (Å²) in [7, 11) is 0. The van der Waals surface area contributed by atoms with Crippen molar-refractivity contribution in [3.8, 4) is 0 Å². The second kappa shape index (κ2) is 8.59. The highest BCUT2D eigenvalue weighted by Gasteiger charge is 2.40. The number of halogens is 1. The van der Waals surface area contributed by atoms with Crippen LogP contribution in [0.2, 0.25) is 0 Å². The highest BCUT2D eigenvalue weighted by molar-refractivity contribution is 9.10. The normalized spacial score (nSPS) is 19.7. The van der Waals surface area contributed by atoms with E-state index in [-0.39, 0.29) is 11.6 Å². The first kappa shape index (κ1) is 20.0. The predicted molar refractivity (Wildman–Crippen MR) is 112 cm³/mol. The highest BCUT2D eigenvalue weighted by atomic mass is 79.9. The second-order valence-corrected chi connectivity index (χ2v) is 8.88. The summed E-state index contributed by atoms with van der Waals surface area (Å²) >= 11 is 4.89. The van der Waals surface area contributed by atoms with Gasteiger partial charge in [0.15, 0.2) is 5.09 Å². The lowest BCUT2D eigenvalue weighted by Crippen LogP contribution is -2.58. The number of rotatable bonds is 4. The van der Waals surface area contributed by atoms with Gasteiger partial charge in [-0.25, -0.2) is 4.79 Å². The lowest BCUT2D eigenvalue weighted by atomic mass is 9.93. The van der Waals surface area contributed by atoms with E-state index >= 15 is 0 Å². The zero-order valence-electron chi connectivity index (χ0n) is 15.5. The van der Waals surface area contributed by atoms with E-state index in [1.807, 2.05) is 30.3 Å². The number of carbonyl (C=O) groups is 3. The van der Waals surface area contributed by atoms with Crippen molar-refractivity contribution in [2.24, 2.45) is 0 Å². The van der Waals surface area contributed by atoms with Gasteiger partial charge in [0.05, 0.1) is 4.47 Å². The number of hydrogen-bond acceptors (Lipinski definition) is 5. The molecule has 0 unspecified atom stereocenters. The van der Waals surface area contributed by atoms with Gasteiger partial charge in [0.2, 0.25) is 0 Å². The number of imide groups is 2. The quantitative estimate of drug-likeness (QED) is 0.498. The number of nitrogens with one attached hydrogen (secondary N) is 1. The van der Waals surface area contributed by atoms with Crippen molar-refractivity contribution in [1.82, 2.24) is 10.2 Å². The Bertz CT molecular complexity index is 980. The molecule has 0 bridgehead atoms. The van der Waals surface area contributed by atoms with Crippen molar-refractivity contribution >= 4 is 51.6 Å². The fraction of sp³-hybridized carbons (Fsp3) is 0.286. The average Bonchev–Trinajstić information content (AvgIpc) is 3.05. The molecule has 2 aliphatic rings. The van der Waals surface area contributed by atoms with Gasteiger partial charge < -0.3 is 4.42 Å². The molecular weight excluding hydrogens is 456 g/mol.